The summed E-state index contributed by atoms with van der Waals surface area (Å²) in [6, 6.07) is 3.35. The van der Waals surface area contributed by atoms with Crippen molar-refractivity contribution in [2.45, 2.75) is 6.54 Å². The maximum Gasteiger partial charge on any atom is 0.214 e. The van der Waals surface area contributed by atoms with Crippen LogP contribution in [-0.2, 0) is 6.54 Å². The summed E-state index contributed by atoms with van der Waals surface area (Å²) in [5, 5.41) is 7.74. The molecule has 20 heavy (non-hydrogen) atoms. The van der Waals surface area contributed by atoms with Gasteiger partial charge in [-0.2, -0.15) is 4.39 Å². The molecule has 106 valence electrons. The Balaban J connectivity index is 1.49. The summed E-state index contributed by atoms with van der Waals surface area (Å²) in [5.74, 6) is -0.420. The molecule has 0 N–H and O–H groups in total. The molecule has 0 saturated carbocycles. The Bertz CT molecular complexity index is 536. The van der Waals surface area contributed by atoms with Crippen LogP contribution in [0.1, 0.15) is 0 Å². The van der Waals surface area contributed by atoms with Crippen LogP contribution in [0.4, 0.5) is 10.1 Å². The molecule has 0 atom stereocenters. The molecule has 6 nitrogen and oxygen atoms in total. The quantitative estimate of drug-likeness (QED) is 0.767. The topological polar surface area (TPSA) is 50.1 Å². The van der Waals surface area contributed by atoms with Crippen LogP contribution < -0.4 is 4.90 Å². The van der Waals surface area contributed by atoms with Crippen molar-refractivity contribution in [2.24, 2.45) is 0 Å². The van der Waals surface area contributed by atoms with E-state index in [1.807, 2.05) is 16.9 Å². The normalized spacial score (nSPS) is 16.6. The molecule has 0 aromatic carbocycles. The second-order valence-electron chi connectivity index (χ2n) is 4.83. The highest BCUT2D eigenvalue weighted by atomic mass is 19.1. The molecule has 1 saturated heterocycles. The Morgan fingerprint density at radius 2 is 1.95 bits per heavy atom. The minimum Gasteiger partial charge on any atom is -0.369 e. The van der Waals surface area contributed by atoms with Crippen LogP contribution in [0.3, 0.4) is 0 Å². The molecule has 0 bridgehead atoms. The van der Waals surface area contributed by atoms with Crippen LogP contribution in [0.15, 0.2) is 30.7 Å². The van der Waals surface area contributed by atoms with E-state index in [1.54, 1.807) is 6.20 Å². The monoisotopic (exact) mass is 276 g/mol. The maximum atomic E-state index is 13.1. The largest absolute Gasteiger partial charge is 0.369 e. The van der Waals surface area contributed by atoms with Gasteiger partial charge < -0.3 is 4.90 Å². The van der Waals surface area contributed by atoms with E-state index < -0.39 is 5.95 Å². The van der Waals surface area contributed by atoms with Crippen molar-refractivity contribution in [3.05, 3.63) is 36.7 Å². The number of aromatic nitrogens is 4. The van der Waals surface area contributed by atoms with Gasteiger partial charge in [-0.3, -0.25) is 9.58 Å². The minimum absolute atomic E-state index is 0.420. The van der Waals surface area contributed by atoms with Gasteiger partial charge in [0.05, 0.1) is 12.7 Å². The van der Waals surface area contributed by atoms with Gasteiger partial charge in [0, 0.05) is 56.9 Å². The first kappa shape index (κ1) is 13.0. The first-order chi connectivity index (χ1) is 9.81. The van der Waals surface area contributed by atoms with E-state index in [0.29, 0.717) is 0 Å². The molecule has 0 spiro atoms. The summed E-state index contributed by atoms with van der Waals surface area (Å²) < 4.78 is 15.0. The van der Waals surface area contributed by atoms with Crippen LogP contribution in [0.2, 0.25) is 0 Å². The fourth-order valence-corrected chi connectivity index (χ4v) is 2.41. The smallest absolute Gasteiger partial charge is 0.214 e. The molecule has 3 rings (SSSR count). The standard InChI is InChI=1S/C13H17FN6/c14-13-11-12(1-2-15-13)19-8-5-18(6-9-19)7-10-20-4-3-16-17-20/h1-4,11H,5-10H2. The molecular weight excluding hydrogens is 259 g/mol. The number of hydrogen-bond acceptors (Lipinski definition) is 5. The highest BCUT2D eigenvalue weighted by Gasteiger charge is 2.17. The molecule has 3 heterocycles. The van der Waals surface area contributed by atoms with E-state index in [1.165, 1.54) is 12.3 Å². The van der Waals surface area contributed by atoms with Crippen molar-refractivity contribution >= 4 is 5.69 Å². The van der Waals surface area contributed by atoms with E-state index in [2.05, 4.69) is 25.1 Å². The number of anilines is 1. The molecular formula is C13H17FN6. The van der Waals surface area contributed by atoms with Crippen LogP contribution in [0, 0.1) is 5.95 Å². The number of hydrogen-bond donors (Lipinski definition) is 0. The molecule has 1 fully saturated rings. The number of piperazine rings is 1. The van der Waals surface area contributed by atoms with Gasteiger partial charge in [-0.25, -0.2) is 4.98 Å². The summed E-state index contributed by atoms with van der Waals surface area (Å²) >= 11 is 0. The minimum atomic E-state index is -0.420. The van der Waals surface area contributed by atoms with Crippen LogP contribution in [-0.4, -0.2) is 57.6 Å². The van der Waals surface area contributed by atoms with Gasteiger partial charge >= 0.3 is 0 Å². The lowest BCUT2D eigenvalue weighted by Crippen LogP contribution is -2.47. The van der Waals surface area contributed by atoms with Gasteiger partial charge in [0.15, 0.2) is 0 Å². The van der Waals surface area contributed by atoms with Gasteiger partial charge in [-0.15, -0.1) is 5.10 Å². The lowest BCUT2D eigenvalue weighted by Gasteiger charge is -2.35. The Hall–Kier alpha value is -2.02. The Kier molecular flexibility index (Phi) is 3.87. The number of nitrogens with zero attached hydrogens (tertiary/aromatic N) is 6. The zero-order valence-corrected chi connectivity index (χ0v) is 11.2. The third kappa shape index (κ3) is 3.11. The van der Waals surface area contributed by atoms with Crippen LogP contribution in [0.25, 0.3) is 0 Å². The fourth-order valence-electron chi connectivity index (χ4n) is 2.41. The van der Waals surface area contributed by atoms with Gasteiger partial charge in [0.25, 0.3) is 0 Å². The zero-order valence-electron chi connectivity index (χ0n) is 11.2. The SMILES string of the molecule is Fc1cc(N2CCN(CCn3ccnn3)CC2)ccn1. The molecule has 7 heteroatoms. The lowest BCUT2D eigenvalue weighted by atomic mass is 10.2. The maximum absolute atomic E-state index is 13.1. The highest BCUT2D eigenvalue weighted by molar-refractivity contribution is 5.45. The fraction of sp³-hybridized carbons (Fsp3) is 0.462. The summed E-state index contributed by atoms with van der Waals surface area (Å²) in [4.78, 5) is 8.16. The molecule has 2 aromatic rings. The van der Waals surface area contributed by atoms with E-state index >= 15 is 0 Å². The van der Waals surface area contributed by atoms with Gasteiger partial charge in [0.1, 0.15) is 0 Å². The van der Waals surface area contributed by atoms with E-state index in [-0.39, 0.29) is 0 Å². The Morgan fingerprint density at radius 1 is 1.10 bits per heavy atom. The summed E-state index contributed by atoms with van der Waals surface area (Å²) in [5.41, 5.74) is 0.911. The van der Waals surface area contributed by atoms with Crippen molar-refractivity contribution < 1.29 is 4.39 Å². The van der Waals surface area contributed by atoms with E-state index in [9.17, 15) is 4.39 Å². The van der Waals surface area contributed by atoms with Crippen LogP contribution >= 0.6 is 0 Å². The molecule has 1 aliphatic heterocycles. The highest BCUT2D eigenvalue weighted by Crippen LogP contribution is 2.16. The second-order valence-corrected chi connectivity index (χ2v) is 4.83. The molecule has 0 unspecified atom stereocenters. The average molecular weight is 276 g/mol. The van der Waals surface area contributed by atoms with Crippen molar-refractivity contribution in [3.8, 4) is 0 Å². The summed E-state index contributed by atoms with van der Waals surface area (Å²) in [7, 11) is 0. The summed E-state index contributed by atoms with van der Waals surface area (Å²) in [6.07, 6.45) is 5.08. The lowest BCUT2D eigenvalue weighted by molar-refractivity contribution is 0.243. The van der Waals surface area contributed by atoms with Crippen molar-refractivity contribution in [1.82, 2.24) is 24.9 Å². The third-order valence-corrected chi connectivity index (χ3v) is 3.56. The molecule has 0 aliphatic carbocycles. The second kappa shape index (κ2) is 5.96. The number of halogens is 1. The number of pyridine rings is 1. The average Bonchev–Trinajstić information content (AvgIpc) is 2.99. The number of rotatable bonds is 4. The van der Waals surface area contributed by atoms with Gasteiger partial charge in [-0.1, -0.05) is 5.21 Å². The molecule has 2 aromatic heterocycles. The third-order valence-electron chi connectivity index (χ3n) is 3.56. The van der Waals surface area contributed by atoms with Crippen molar-refractivity contribution in [1.29, 1.82) is 0 Å². The zero-order chi connectivity index (χ0) is 13.8. The molecule has 0 amide bonds. The first-order valence-corrected chi connectivity index (χ1v) is 6.74. The van der Waals surface area contributed by atoms with Gasteiger partial charge in [0.2, 0.25) is 5.95 Å². The molecule has 0 radical (unpaired) electrons. The Labute approximate surface area is 116 Å². The van der Waals surface area contributed by atoms with Crippen molar-refractivity contribution in [3.63, 3.8) is 0 Å². The predicted molar refractivity (Wildman–Crippen MR) is 72.9 cm³/mol. The van der Waals surface area contributed by atoms with Crippen LogP contribution in [0.5, 0.6) is 0 Å². The van der Waals surface area contributed by atoms with Crippen molar-refractivity contribution in [2.75, 3.05) is 37.6 Å². The molecule has 1 aliphatic rings. The van der Waals surface area contributed by atoms with Gasteiger partial charge in [-0.05, 0) is 6.07 Å². The van der Waals surface area contributed by atoms with E-state index in [4.69, 9.17) is 0 Å². The Morgan fingerprint density at radius 3 is 2.65 bits per heavy atom. The van der Waals surface area contributed by atoms with E-state index in [0.717, 1.165) is 45.0 Å². The summed E-state index contributed by atoms with van der Waals surface area (Å²) in [6.45, 7) is 5.56. The predicted octanol–water partition coefficient (Wildman–Crippen LogP) is 0.634. The first-order valence-electron chi connectivity index (χ1n) is 6.74.